The van der Waals surface area contributed by atoms with Gasteiger partial charge in [0.2, 0.25) is 0 Å². The number of fused-ring (bicyclic) bond motifs is 1. The number of hydrogen-bond acceptors (Lipinski definition) is 2. The topological polar surface area (TPSA) is 33.1 Å². The first kappa shape index (κ1) is 10.3. The highest BCUT2D eigenvalue weighted by molar-refractivity contribution is 5.29. The molecule has 1 aromatic heterocycles. The molecule has 86 valence electrons. The maximum Gasteiger partial charge on any atom is 0.0568 e. The summed E-state index contributed by atoms with van der Waals surface area (Å²) in [6, 6.07) is 4.24. The van der Waals surface area contributed by atoms with E-state index in [1.54, 1.807) is 0 Å². The highest BCUT2D eigenvalue weighted by Gasteiger charge is 2.40. The summed E-state index contributed by atoms with van der Waals surface area (Å²) in [5.74, 6) is 1.69. The molecule has 2 aliphatic carbocycles. The molecular formula is C14H19NO. The van der Waals surface area contributed by atoms with Gasteiger partial charge >= 0.3 is 0 Å². The van der Waals surface area contributed by atoms with Crippen LogP contribution < -0.4 is 0 Å². The van der Waals surface area contributed by atoms with Crippen molar-refractivity contribution in [2.75, 3.05) is 0 Å². The first-order valence-electron chi connectivity index (χ1n) is 6.39. The highest BCUT2D eigenvalue weighted by atomic mass is 16.3. The summed E-state index contributed by atoms with van der Waals surface area (Å²) in [5.41, 5.74) is 2.74. The Hall–Kier alpha value is -0.890. The fourth-order valence-corrected chi connectivity index (χ4v) is 3.60. The Bertz CT molecular complexity index is 390. The number of aliphatic hydroxyl groups is 1. The molecule has 16 heavy (non-hydrogen) atoms. The zero-order valence-corrected chi connectivity index (χ0v) is 9.76. The van der Waals surface area contributed by atoms with Crippen molar-refractivity contribution in [2.45, 2.75) is 44.6 Å². The third-order valence-electron chi connectivity index (χ3n) is 4.60. The number of hydrogen-bond donors (Lipinski definition) is 1. The Morgan fingerprint density at radius 1 is 1.31 bits per heavy atom. The molecule has 2 aliphatic rings. The van der Waals surface area contributed by atoms with Gasteiger partial charge in [0.25, 0.3) is 0 Å². The molecule has 1 saturated carbocycles. The van der Waals surface area contributed by atoms with E-state index >= 15 is 0 Å². The largest absolute Gasteiger partial charge is 0.393 e. The van der Waals surface area contributed by atoms with Gasteiger partial charge < -0.3 is 5.11 Å². The van der Waals surface area contributed by atoms with Crippen LogP contribution in [0.2, 0.25) is 0 Å². The minimum Gasteiger partial charge on any atom is -0.393 e. The third kappa shape index (κ3) is 1.47. The van der Waals surface area contributed by atoms with Crippen LogP contribution in [0, 0.1) is 11.8 Å². The maximum atomic E-state index is 9.86. The van der Waals surface area contributed by atoms with Gasteiger partial charge in [0.1, 0.15) is 0 Å². The SMILES string of the molecule is CC1C(O)CCC1C1CCc2cccnc21. The molecule has 3 rings (SSSR count). The van der Waals surface area contributed by atoms with Crippen LogP contribution in [0.25, 0.3) is 0 Å². The van der Waals surface area contributed by atoms with Crippen molar-refractivity contribution in [2.24, 2.45) is 11.8 Å². The van der Waals surface area contributed by atoms with E-state index in [0.29, 0.717) is 17.8 Å². The van der Waals surface area contributed by atoms with Crippen molar-refractivity contribution in [3.8, 4) is 0 Å². The average molecular weight is 217 g/mol. The summed E-state index contributed by atoms with van der Waals surface area (Å²) in [6.07, 6.45) is 6.37. The van der Waals surface area contributed by atoms with E-state index in [1.165, 1.54) is 30.5 Å². The first-order valence-corrected chi connectivity index (χ1v) is 6.39. The van der Waals surface area contributed by atoms with Gasteiger partial charge in [-0.25, -0.2) is 0 Å². The molecule has 4 unspecified atom stereocenters. The van der Waals surface area contributed by atoms with Crippen molar-refractivity contribution in [3.05, 3.63) is 29.6 Å². The summed E-state index contributed by atoms with van der Waals surface area (Å²) in [4.78, 5) is 4.56. The van der Waals surface area contributed by atoms with Crippen LogP contribution in [0.4, 0.5) is 0 Å². The fraction of sp³-hybridized carbons (Fsp3) is 0.643. The number of aliphatic hydroxyl groups excluding tert-OH is 1. The van der Waals surface area contributed by atoms with Crippen LogP contribution in [-0.4, -0.2) is 16.2 Å². The lowest BCUT2D eigenvalue weighted by Gasteiger charge is -2.24. The van der Waals surface area contributed by atoms with Gasteiger partial charge in [-0.1, -0.05) is 13.0 Å². The van der Waals surface area contributed by atoms with Gasteiger partial charge in [0, 0.05) is 17.8 Å². The first-order chi connectivity index (χ1) is 7.77. The van der Waals surface area contributed by atoms with E-state index in [2.05, 4.69) is 18.0 Å². The molecule has 2 heteroatoms. The average Bonchev–Trinajstić information content (AvgIpc) is 2.85. The standard InChI is InChI=1S/C14H19NO/c1-9-11(6-7-13(9)16)12-5-4-10-3-2-8-15-14(10)12/h2-3,8-9,11-13,16H,4-7H2,1H3. The van der Waals surface area contributed by atoms with Crippen LogP contribution >= 0.6 is 0 Å². The van der Waals surface area contributed by atoms with E-state index in [4.69, 9.17) is 0 Å². The number of rotatable bonds is 1. The van der Waals surface area contributed by atoms with Crippen LogP contribution in [0.15, 0.2) is 18.3 Å². The van der Waals surface area contributed by atoms with Crippen molar-refractivity contribution >= 4 is 0 Å². The Morgan fingerprint density at radius 2 is 2.19 bits per heavy atom. The van der Waals surface area contributed by atoms with E-state index in [1.807, 2.05) is 12.3 Å². The minimum absolute atomic E-state index is 0.0854. The molecule has 1 N–H and O–H groups in total. The number of pyridine rings is 1. The van der Waals surface area contributed by atoms with E-state index in [0.717, 1.165) is 6.42 Å². The second-order valence-corrected chi connectivity index (χ2v) is 5.36. The van der Waals surface area contributed by atoms with Gasteiger partial charge in [-0.2, -0.15) is 0 Å². The summed E-state index contributed by atoms with van der Waals surface area (Å²) in [6.45, 7) is 2.20. The summed E-state index contributed by atoms with van der Waals surface area (Å²) < 4.78 is 0. The predicted molar refractivity (Wildman–Crippen MR) is 63.2 cm³/mol. The third-order valence-corrected chi connectivity index (χ3v) is 4.60. The Labute approximate surface area is 96.7 Å². The Kier molecular flexibility index (Phi) is 2.47. The van der Waals surface area contributed by atoms with Gasteiger partial charge in [0.05, 0.1) is 6.10 Å². The number of aromatic nitrogens is 1. The molecular weight excluding hydrogens is 198 g/mol. The lowest BCUT2D eigenvalue weighted by Crippen LogP contribution is -2.20. The zero-order valence-electron chi connectivity index (χ0n) is 9.76. The molecule has 1 heterocycles. The zero-order chi connectivity index (χ0) is 11.1. The summed E-state index contributed by atoms with van der Waals surface area (Å²) in [7, 11) is 0. The molecule has 0 aromatic carbocycles. The second kappa shape index (κ2) is 3.85. The van der Waals surface area contributed by atoms with Crippen LogP contribution in [-0.2, 0) is 6.42 Å². The van der Waals surface area contributed by atoms with E-state index in [-0.39, 0.29) is 6.10 Å². The molecule has 0 aliphatic heterocycles. The van der Waals surface area contributed by atoms with Crippen LogP contribution in [0.3, 0.4) is 0 Å². The molecule has 0 saturated heterocycles. The van der Waals surface area contributed by atoms with Crippen molar-refractivity contribution in [1.29, 1.82) is 0 Å². The summed E-state index contributed by atoms with van der Waals surface area (Å²) in [5, 5.41) is 9.86. The van der Waals surface area contributed by atoms with Gasteiger partial charge in [-0.05, 0) is 49.1 Å². The lowest BCUT2D eigenvalue weighted by molar-refractivity contribution is 0.121. The molecule has 1 aromatic rings. The van der Waals surface area contributed by atoms with Crippen molar-refractivity contribution in [1.82, 2.24) is 4.98 Å². The van der Waals surface area contributed by atoms with Crippen LogP contribution in [0.1, 0.15) is 43.4 Å². The quantitative estimate of drug-likeness (QED) is 0.784. The van der Waals surface area contributed by atoms with Crippen molar-refractivity contribution in [3.63, 3.8) is 0 Å². The van der Waals surface area contributed by atoms with Gasteiger partial charge in [0.15, 0.2) is 0 Å². The molecule has 2 nitrogen and oxygen atoms in total. The smallest absolute Gasteiger partial charge is 0.0568 e. The summed E-state index contributed by atoms with van der Waals surface area (Å²) >= 11 is 0. The predicted octanol–water partition coefficient (Wildman–Crippen LogP) is 2.52. The Balaban J connectivity index is 1.88. The molecule has 0 bridgehead atoms. The maximum absolute atomic E-state index is 9.86. The fourth-order valence-electron chi connectivity index (χ4n) is 3.60. The molecule has 4 atom stereocenters. The molecule has 0 radical (unpaired) electrons. The monoisotopic (exact) mass is 217 g/mol. The van der Waals surface area contributed by atoms with Crippen molar-refractivity contribution < 1.29 is 5.11 Å². The molecule has 0 spiro atoms. The van der Waals surface area contributed by atoms with Gasteiger partial charge in [-0.15, -0.1) is 0 Å². The Morgan fingerprint density at radius 3 is 2.94 bits per heavy atom. The number of aryl methyl sites for hydroxylation is 1. The minimum atomic E-state index is -0.0854. The van der Waals surface area contributed by atoms with E-state index < -0.39 is 0 Å². The molecule has 1 fully saturated rings. The van der Waals surface area contributed by atoms with E-state index in [9.17, 15) is 5.11 Å². The number of nitrogens with zero attached hydrogens (tertiary/aromatic N) is 1. The molecule has 0 amide bonds. The van der Waals surface area contributed by atoms with Crippen LogP contribution in [0.5, 0.6) is 0 Å². The van der Waals surface area contributed by atoms with Gasteiger partial charge in [-0.3, -0.25) is 4.98 Å². The highest BCUT2D eigenvalue weighted by Crippen LogP contribution is 2.46. The normalized spacial score (nSPS) is 37.6. The lowest BCUT2D eigenvalue weighted by atomic mass is 9.82. The second-order valence-electron chi connectivity index (χ2n) is 5.36.